The molecule has 38 heavy (non-hydrogen) atoms. The molecule has 1 atom stereocenters. The van der Waals surface area contributed by atoms with E-state index >= 15 is 0 Å². The van der Waals surface area contributed by atoms with E-state index in [9.17, 15) is 14.4 Å². The third-order valence-electron chi connectivity index (χ3n) is 7.00. The summed E-state index contributed by atoms with van der Waals surface area (Å²) in [6, 6.07) is 13.8. The number of aryl methyl sites for hydroxylation is 1. The quantitative estimate of drug-likeness (QED) is 0.528. The largest absolute Gasteiger partial charge is 0.463 e. The standard InChI is InChI=1S/C29H35ClN4O4/c1-4-34-24(19-32-15-6-16-33(18-17-32)27(35)22-9-7-20(3)8-10-22)25(28(36)38-5-2)26(31-29(34)37)21-11-13-23(30)14-12-21/h7-14,26H,4-6,15-19H2,1-3H3,(H,31,37)/t26-/m0/s1. The van der Waals surface area contributed by atoms with Crippen LogP contribution in [-0.2, 0) is 9.53 Å². The molecule has 3 amide bonds. The lowest BCUT2D eigenvalue weighted by Crippen LogP contribution is -2.51. The second-order valence-electron chi connectivity index (χ2n) is 9.55. The van der Waals surface area contributed by atoms with Gasteiger partial charge in [-0.1, -0.05) is 41.4 Å². The Morgan fingerprint density at radius 1 is 1.00 bits per heavy atom. The van der Waals surface area contributed by atoms with Crippen LogP contribution in [0.25, 0.3) is 0 Å². The zero-order chi connectivity index (χ0) is 27.2. The van der Waals surface area contributed by atoms with Crippen molar-refractivity contribution in [1.82, 2.24) is 20.0 Å². The number of hydrogen-bond acceptors (Lipinski definition) is 5. The van der Waals surface area contributed by atoms with E-state index in [0.717, 1.165) is 24.1 Å². The molecule has 202 valence electrons. The highest BCUT2D eigenvalue weighted by atomic mass is 35.5. The Labute approximate surface area is 229 Å². The van der Waals surface area contributed by atoms with Crippen LogP contribution in [0.15, 0.2) is 59.8 Å². The number of urea groups is 1. The lowest BCUT2D eigenvalue weighted by atomic mass is 9.94. The number of carbonyl (C=O) groups excluding carboxylic acids is 3. The molecule has 2 aliphatic heterocycles. The third kappa shape index (κ3) is 6.19. The summed E-state index contributed by atoms with van der Waals surface area (Å²) >= 11 is 6.09. The lowest BCUT2D eigenvalue weighted by Gasteiger charge is -2.38. The van der Waals surface area contributed by atoms with E-state index in [-0.39, 0.29) is 18.5 Å². The van der Waals surface area contributed by atoms with Gasteiger partial charge in [-0.25, -0.2) is 9.59 Å². The minimum Gasteiger partial charge on any atom is -0.463 e. The molecule has 8 nitrogen and oxygen atoms in total. The maximum atomic E-state index is 13.3. The first-order valence-corrected chi connectivity index (χ1v) is 13.5. The summed E-state index contributed by atoms with van der Waals surface area (Å²) in [5.74, 6) is -0.430. The minimum absolute atomic E-state index is 0.0216. The van der Waals surface area contributed by atoms with Crippen LogP contribution in [0.5, 0.6) is 0 Å². The smallest absolute Gasteiger partial charge is 0.338 e. The molecule has 0 bridgehead atoms. The summed E-state index contributed by atoms with van der Waals surface area (Å²) in [6.07, 6.45) is 0.790. The van der Waals surface area contributed by atoms with Gasteiger partial charge >= 0.3 is 12.0 Å². The van der Waals surface area contributed by atoms with Gasteiger partial charge in [0.2, 0.25) is 0 Å². The van der Waals surface area contributed by atoms with Crippen LogP contribution in [0.4, 0.5) is 4.79 Å². The molecule has 4 rings (SSSR count). The van der Waals surface area contributed by atoms with Crippen molar-refractivity contribution in [2.45, 2.75) is 33.2 Å². The number of nitrogens with one attached hydrogen (secondary N) is 1. The lowest BCUT2D eigenvalue weighted by molar-refractivity contribution is -0.139. The Kier molecular flexibility index (Phi) is 9.07. The first-order valence-electron chi connectivity index (χ1n) is 13.1. The van der Waals surface area contributed by atoms with Gasteiger partial charge in [0.1, 0.15) is 0 Å². The first-order chi connectivity index (χ1) is 18.3. The fourth-order valence-corrected chi connectivity index (χ4v) is 5.11. The van der Waals surface area contributed by atoms with Gasteiger partial charge < -0.3 is 15.0 Å². The second kappa shape index (κ2) is 12.5. The van der Waals surface area contributed by atoms with Gasteiger partial charge in [0, 0.05) is 55.6 Å². The summed E-state index contributed by atoms with van der Waals surface area (Å²) in [5.41, 5.74) is 3.61. The molecule has 0 spiro atoms. The van der Waals surface area contributed by atoms with Crippen molar-refractivity contribution in [1.29, 1.82) is 0 Å². The van der Waals surface area contributed by atoms with E-state index in [0.29, 0.717) is 54.6 Å². The number of nitrogens with zero attached hydrogens (tertiary/aromatic N) is 3. The number of benzene rings is 2. The number of hydrogen-bond donors (Lipinski definition) is 1. The molecule has 0 radical (unpaired) electrons. The molecule has 0 saturated carbocycles. The predicted octanol–water partition coefficient (Wildman–Crippen LogP) is 4.40. The monoisotopic (exact) mass is 538 g/mol. The van der Waals surface area contributed by atoms with Gasteiger partial charge in [0.15, 0.2) is 0 Å². The maximum absolute atomic E-state index is 13.3. The van der Waals surface area contributed by atoms with E-state index in [1.165, 1.54) is 0 Å². The number of carbonyl (C=O) groups is 3. The Morgan fingerprint density at radius 3 is 2.37 bits per heavy atom. The average Bonchev–Trinajstić information content (AvgIpc) is 3.15. The molecule has 2 heterocycles. The molecule has 9 heteroatoms. The van der Waals surface area contributed by atoms with E-state index in [1.54, 1.807) is 24.0 Å². The molecule has 1 saturated heterocycles. The summed E-state index contributed by atoms with van der Waals surface area (Å²) in [7, 11) is 0. The van der Waals surface area contributed by atoms with Crippen LogP contribution in [0.3, 0.4) is 0 Å². The van der Waals surface area contributed by atoms with E-state index < -0.39 is 12.0 Å². The Bertz CT molecular complexity index is 1200. The summed E-state index contributed by atoms with van der Waals surface area (Å²) < 4.78 is 5.46. The maximum Gasteiger partial charge on any atom is 0.338 e. The molecule has 0 aliphatic carbocycles. The average molecular weight is 539 g/mol. The highest BCUT2D eigenvalue weighted by Gasteiger charge is 2.38. The molecular weight excluding hydrogens is 504 g/mol. The van der Waals surface area contributed by atoms with E-state index in [1.807, 2.05) is 55.1 Å². The Balaban J connectivity index is 1.61. The summed E-state index contributed by atoms with van der Waals surface area (Å²) in [6.45, 7) is 9.26. The number of rotatable bonds is 7. The van der Waals surface area contributed by atoms with Crippen LogP contribution < -0.4 is 5.32 Å². The SMILES string of the molecule is CCOC(=O)C1=C(CN2CCCN(C(=O)c3ccc(C)cc3)CC2)N(CC)C(=O)N[C@H]1c1ccc(Cl)cc1. The van der Waals surface area contributed by atoms with Gasteiger partial charge in [-0.15, -0.1) is 0 Å². The van der Waals surface area contributed by atoms with Crippen LogP contribution in [-0.4, -0.2) is 78.5 Å². The van der Waals surface area contributed by atoms with Gasteiger partial charge in [-0.2, -0.15) is 0 Å². The third-order valence-corrected chi connectivity index (χ3v) is 7.25. The minimum atomic E-state index is -0.650. The zero-order valence-electron chi connectivity index (χ0n) is 22.2. The first kappa shape index (κ1) is 27.7. The van der Waals surface area contributed by atoms with Crippen LogP contribution in [0.2, 0.25) is 5.02 Å². The van der Waals surface area contributed by atoms with Crippen LogP contribution >= 0.6 is 11.6 Å². The highest BCUT2D eigenvalue weighted by molar-refractivity contribution is 6.30. The fraction of sp³-hybridized carbons (Fsp3) is 0.414. The summed E-state index contributed by atoms with van der Waals surface area (Å²) in [5, 5.41) is 3.55. The number of ether oxygens (including phenoxy) is 1. The molecule has 2 aromatic carbocycles. The van der Waals surface area contributed by atoms with Crippen molar-refractivity contribution in [3.8, 4) is 0 Å². The van der Waals surface area contributed by atoms with Crippen molar-refractivity contribution < 1.29 is 19.1 Å². The Morgan fingerprint density at radius 2 is 1.71 bits per heavy atom. The molecule has 1 N–H and O–H groups in total. The van der Waals surface area contributed by atoms with Crippen molar-refractivity contribution in [3.63, 3.8) is 0 Å². The van der Waals surface area contributed by atoms with Gasteiger partial charge in [-0.05, 0) is 57.0 Å². The molecule has 2 aromatic rings. The van der Waals surface area contributed by atoms with E-state index in [4.69, 9.17) is 16.3 Å². The predicted molar refractivity (Wildman–Crippen MR) is 147 cm³/mol. The fourth-order valence-electron chi connectivity index (χ4n) is 4.99. The van der Waals surface area contributed by atoms with Crippen molar-refractivity contribution in [2.24, 2.45) is 0 Å². The topological polar surface area (TPSA) is 82.2 Å². The van der Waals surface area contributed by atoms with Crippen molar-refractivity contribution in [3.05, 3.63) is 81.5 Å². The number of halogens is 1. The zero-order valence-corrected chi connectivity index (χ0v) is 23.0. The second-order valence-corrected chi connectivity index (χ2v) is 9.98. The van der Waals surface area contributed by atoms with E-state index in [2.05, 4.69) is 10.2 Å². The van der Waals surface area contributed by atoms with Crippen LogP contribution in [0, 0.1) is 6.92 Å². The van der Waals surface area contributed by atoms with Gasteiger partial charge in [0.05, 0.1) is 18.2 Å². The van der Waals surface area contributed by atoms with Crippen molar-refractivity contribution >= 4 is 29.5 Å². The van der Waals surface area contributed by atoms with Gasteiger partial charge in [0.25, 0.3) is 5.91 Å². The van der Waals surface area contributed by atoms with Gasteiger partial charge in [-0.3, -0.25) is 14.6 Å². The number of likely N-dealkylation sites (N-methyl/N-ethyl adjacent to an activating group) is 1. The normalized spacial score (nSPS) is 18.7. The summed E-state index contributed by atoms with van der Waals surface area (Å²) in [4.78, 5) is 45.3. The highest BCUT2D eigenvalue weighted by Crippen LogP contribution is 2.32. The molecule has 0 unspecified atom stereocenters. The molecular formula is C29H35ClN4O4. The van der Waals surface area contributed by atoms with Crippen molar-refractivity contribution in [2.75, 3.05) is 45.9 Å². The molecule has 1 fully saturated rings. The number of amides is 3. The molecule has 2 aliphatic rings. The molecule has 0 aromatic heterocycles. The number of esters is 1. The Hall–Kier alpha value is -3.36. The van der Waals surface area contributed by atoms with Crippen LogP contribution in [0.1, 0.15) is 47.8 Å².